The van der Waals surface area contributed by atoms with Gasteiger partial charge in [0.2, 0.25) is 18.0 Å². The smallest absolute Gasteiger partial charge is 0.247 e. The largest absolute Gasteiger partial charge is 0.482 e. The first-order valence-corrected chi connectivity index (χ1v) is 8.38. The van der Waals surface area contributed by atoms with Crippen LogP contribution in [-0.2, 0) is 9.53 Å². The summed E-state index contributed by atoms with van der Waals surface area (Å²) in [5.74, 6) is 0.544. The zero-order valence-electron chi connectivity index (χ0n) is 13.7. The standard InChI is InChI=1S/C18H16Cl2N2O3/c1-11-3-5-13(6-4-11)18-22(12(2)23)21-17(25-18)10-24-16-8-7-14(19)9-15(16)20/h3-9,18H,10H2,1-2H3/t18-/m1/s1. The molecule has 1 heterocycles. The van der Waals surface area contributed by atoms with Crippen molar-refractivity contribution in [3.63, 3.8) is 0 Å². The van der Waals surface area contributed by atoms with E-state index in [0.29, 0.717) is 21.7 Å². The van der Waals surface area contributed by atoms with Crippen LogP contribution in [0.1, 0.15) is 24.3 Å². The Balaban J connectivity index is 1.73. The van der Waals surface area contributed by atoms with Crippen LogP contribution in [0.3, 0.4) is 0 Å². The Bertz CT molecular complexity index is 822. The molecule has 0 aromatic heterocycles. The van der Waals surface area contributed by atoms with Crippen molar-refractivity contribution < 1.29 is 14.3 Å². The van der Waals surface area contributed by atoms with Crippen LogP contribution in [0, 0.1) is 6.92 Å². The minimum Gasteiger partial charge on any atom is -0.482 e. The van der Waals surface area contributed by atoms with Crippen LogP contribution in [0.5, 0.6) is 5.75 Å². The second kappa shape index (κ2) is 7.33. The third-order valence-corrected chi connectivity index (χ3v) is 4.15. The van der Waals surface area contributed by atoms with E-state index in [9.17, 15) is 4.79 Å². The van der Waals surface area contributed by atoms with E-state index in [1.807, 2.05) is 31.2 Å². The van der Waals surface area contributed by atoms with Crippen molar-refractivity contribution in [2.24, 2.45) is 5.10 Å². The number of carbonyl (C=O) groups excluding carboxylic acids is 1. The van der Waals surface area contributed by atoms with Crippen LogP contribution < -0.4 is 4.74 Å². The summed E-state index contributed by atoms with van der Waals surface area (Å²) in [7, 11) is 0. The van der Waals surface area contributed by atoms with E-state index in [1.54, 1.807) is 18.2 Å². The molecule has 7 heteroatoms. The zero-order chi connectivity index (χ0) is 18.0. The highest BCUT2D eigenvalue weighted by Gasteiger charge is 2.32. The molecule has 0 N–H and O–H groups in total. The molecule has 0 bridgehead atoms. The van der Waals surface area contributed by atoms with Gasteiger partial charge in [-0.25, -0.2) is 0 Å². The summed E-state index contributed by atoms with van der Waals surface area (Å²) < 4.78 is 11.4. The summed E-state index contributed by atoms with van der Waals surface area (Å²) >= 11 is 11.9. The topological polar surface area (TPSA) is 51.1 Å². The average Bonchev–Trinajstić information content (AvgIpc) is 2.99. The van der Waals surface area contributed by atoms with Crippen LogP contribution in [0.2, 0.25) is 10.0 Å². The van der Waals surface area contributed by atoms with E-state index < -0.39 is 6.23 Å². The molecule has 0 aliphatic carbocycles. The van der Waals surface area contributed by atoms with Gasteiger partial charge in [0.25, 0.3) is 0 Å². The van der Waals surface area contributed by atoms with E-state index >= 15 is 0 Å². The maximum Gasteiger partial charge on any atom is 0.247 e. The molecule has 1 amide bonds. The summed E-state index contributed by atoms with van der Waals surface area (Å²) in [5.41, 5.74) is 1.96. The lowest BCUT2D eigenvalue weighted by Crippen LogP contribution is -2.25. The minimum absolute atomic E-state index is 0.0491. The highest BCUT2D eigenvalue weighted by atomic mass is 35.5. The lowest BCUT2D eigenvalue weighted by Gasteiger charge is -2.19. The summed E-state index contributed by atoms with van der Waals surface area (Å²) in [6.45, 7) is 3.48. The van der Waals surface area contributed by atoms with Gasteiger partial charge in [-0.3, -0.25) is 4.79 Å². The SMILES string of the molecule is CC(=O)N1N=C(COc2ccc(Cl)cc2Cl)O[C@@H]1c1ccc(C)cc1. The molecule has 130 valence electrons. The normalized spacial score (nSPS) is 16.4. The Morgan fingerprint density at radius 3 is 2.60 bits per heavy atom. The molecule has 3 rings (SSSR count). The van der Waals surface area contributed by atoms with E-state index in [0.717, 1.165) is 11.1 Å². The predicted molar refractivity (Wildman–Crippen MR) is 96.9 cm³/mol. The number of carbonyl (C=O) groups is 1. The molecule has 2 aromatic rings. The Hall–Kier alpha value is -2.24. The van der Waals surface area contributed by atoms with Crippen LogP contribution in [0.25, 0.3) is 0 Å². The van der Waals surface area contributed by atoms with Crippen LogP contribution in [-0.4, -0.2) is 23.4 Å². The van der Waals surface area contributed by atoms with Gasteiger partial charge >= 0.3 is 0 Å². The van der Waals surface area contributed by atoms with Gasteiger partial charge < -0.3 is 9.47 Å². The monoisotopic (exact) mass is 378 g/mol. The van der Waals surface area contributed by atoms with Crippen LogP contribution in [0.15, 0.2) is 47.6 Å². The van der Waals surface area contributed by atoms with E-state index in [4.69, 9.17) is 32.7 Å². The molecule has 0 saturated heterocycles. The number of rotatable bonds is 4. The number of aryl methyl sites for hydroxylation is 1. The maximum absolute atomic E-state index is 11.9. The minimum atomic E-state index is -0.600. The first kappa shape index (κ1) is 17.6. The fraction of sp³-hybridized carbons (Fsp3) is 0.222. The van der Waals surface area contributed by atoms with Gasteiger partial charge in [0, 0.05) is 17.5 Å². The predicted octanol–water partition coefficient (Wildman–Crippen LogP) is 4.57. The second-order valence-electron chi connectivity index (χ2n) is 5.60. The highest BCUT2D eigenvalue weighted by Crippen LogP contribution is 2.30. The van der Waals surface area contributed by atoms with Gasteiger partial charge in [0.15, 0.2) is 6.61 Å². The first-order chi connectivity index (χ1) is 11.9. The summed E-state index contributed by atoms with van der Waals surface area (Å²) in [5, 5.41) is 6.43. The fourth-order valence-corrected chi connectivity index (χ4v) is 2.81. The molecule has 1 aliphatic heterocycles. The molecule has 5 nitrogen and oxygen atoms in total. The Labute approximate surface area is 155 Å². The molecule has 2 aromatic carbocycles. The van der Waals surface area contributed by atoms with Crippen molar-refractivity contribution in [2.45, 2.75) is 20.1 Å². The number of hydrazone groups is 1. The van der Waals surface area contributed by atoms with Gasteiger partial charge in [-0.15, -0.1) is 5.10 Å². The van der Waals surface area contributed by atoms with Crippen molar-refractivity contribution in [1.82, 2.24) is 5.01 Å². The molecule has 1 atom stereocenters. The molecule has 0 saturated carbocycles. The van der Waals surface area contributed by atoms with Crippen LogP contribution >= 0.6 is 23.2 Å². The number of ether oxygens (including phenoxy) is 2. The Morgan fingerprint density at radius 1 is 1.24 bits per heavy atom. The summed E-state index contributed by atoms with van der Waals surface area (Å²) in [4.78, 5) is 11.9. The van der Waals surface area contributed by atoms with Crippen molar-refractivity contribution in [3.05, 3.63) is 63.6 Å². The second-order valence-corrected chi connectivity index (χ2v) is 6.45. The highest BCUT2D eigenvalue weighted by molar-refractivity contribution is 6.35. The van der Waals surface area contributed by atoms with Crippen molar-refractivity contribution in [2.75, 3.05) is 6.61 Å². The third kappa shape index (κ3) is 4.06. The zero-order valence-corrected chi connectivity index (χ0v) is 15.2. The van der Waals surface area contributed by atoms with Crippen LogP contribution in [0.4, 0.5) is 0 Å². The molecule has 0 radical (unpaired) electrons. The molecule has 0 fully saturated rings. The number of hydrogen-bond acceptors (Lipinski definition) is 4. The fourth-order valence-electron chi connectivity index (χ4n) is 2.35. The first-order valence-electron chi connectivity index (χ1n) is 7.62. The quantitative estimate of drug-likeness (QED) is 0.782. The third-order valence-electron chi connectivity index (χ3n) is 3.62. The van der Waals surface area contributed by atoms with Gasteiger partial charge in [-0.1, -0.05) is 53.0 Å². The van der Waals surface area contributed by atoms with E-state index in [-0.39, 0.29) is 12.5 Å². The van der Waals surface area contributed by atoms with Gasteiger partial charge in [0.05, 0.1) is 5.02 Å². The summed E-state index contributed by atoms with van der Waals surface area (Å²) in [6, 6.07) is 12.7. The summed E-state index contributed by atoms with van der Waals surface area (Å²) in [6.07, 6.45) is -0.600. The maximum atomic E-state index is 11.9. The van der Waals surface area contributed by atoms with Gasteiger partial charge in [-0.05, 0) is 25.1 Å². The lowest BCUT2D eigenvalue weighted by atomic mass is 10.1. The van der Waals surface area contributed by atoms with Gasteiger partial charge in [0.1, 0.15) is 5.75 Å². The van der Waals surface area contributed by atoms with E-state index in [2.05, 4.69) is 5.10 Å². The molecule has 0 unspecified atom stereocenters. The lowest BCUT2D eigenvalue weighted by molar-refractivity contribution is -0.135. The number of hydrogen-bond donors (Lipinski definition) is 0. The number of amides is 1. The Morgan fingerprint density at radius 2 is 1.96 bits per heavy atom. The van der Waals surface area contributed by atoms with Crippen molar-refractivity contribution in [3.8, 4) is 5.75 Å². The molecule has 1 aliphatic rings. The number of halogens is 2. The Kier molecular flexibility index (Phi) is 5.16. The van der Waals surface area contributed by atoms with Crippen molar-refractivity contribution in [1.29, 1.82) is 0 Å². The van der Waals surface area contributed by atoms with Crippen molar-refractivity contribution >= 4 is 35.0 Å². The molecule has 0 spiro atoms. The molecular weight excluding hydrogens is 363 g/mol. The number of benzene rings is 2. The molecule has 25 heavy (non-hydrogen) atoms. The van der Waals surface area contributed by atoms with E-state index in [1.165, 1.54) is 11.9 Å². The van der Waals surface area contributed by atoms with Gasteiger partial charge in [-0.2, -0.15) is 5.01 Å². The molecular formula is C18H16Cl2N2O3. The average molecular weight is 379 g/mol. The number of nitrogens with zero attached hydrogens (tertiary/aromatic N) is 2.